The van der Waals surface area contributed by atoms with E-state index >= 15 is 0 Å². The summed E-state index contributed by atoms with van der Waals surface area (Å²) in [6.07, 6.45) is 0.690. The molecule has 4 heteroatoms. The fraction of sp³-hybridized carbons (Fsp3) is 0.875. The zero-order valence-electron chi connectivity index (χ0n) is 7.58. The predicted molar refractivity (Wildman–Crippen MR) is 45.5 cm³/mol. The average molecular weight is 172 g/mol. The Kier molecular flexibility index (Phi) is 2.39. The summed E-state index contributed by atoms with van der Waals surface area (Å²) in [5.41, 5.74) is 4.76. The van der Waals surface area contributed by atoms with Crippen molar-refractivity contribution in [3.05, 3.63) is 0 Å². The molecule has 1 aliphatic heterocycles. The van der Waals surface area contributed by atoms with E-state index in [1.165, 1.54) is 0 Å². The lowest BCUT2D eigenvalue weighted by molar-refractivity contribution is -0.156. The van der Waals surface area contributed by atoms with E-state index in [2.05, 4.69) is 0 Å². The van der Waals surface area contributed by atoms with Crippen molar-refractivity contribution >= 4 is 5.91 Å². The number of hydrogen-bond donors (Lipinski definition) is 2. The van der Waals surface area contributed by atoms with Gasteiger partial charge in [-0.15, -0.1) is 0 Å². The first-order valence-corrected chi connectivity index (χ1v) is 4.25. The van der Waals surface area contributed by atoms with Gasteiger partial charge in [-0.05, 0) is 13.3 Å². The minimum Gasteiger partial charge on any atom is -0.386 e. The topological polar surface area (TPSA) is 66.6 Å². The molecule has 0 saturated carbocycles. The highest BCUT2D eigenvalue weighted by molar-refractivity contribution is 5.82. The molecule has 1 atom stereocenters. The van der Waals surface area contributed by atoms with Crippen LogP contribution >= 0.6 is 0 Å². The van der Waals surface area contributed by atoms with Gasteiger partial charge in [0.2, 0.25) is 5.91 Å². The van der Waals surface area contributed by atoms with Gasteiger partial charge >= 0.3 is 0 Å². The van der Waals surface area contributed by atoms with Crippen LogP contribution in [-0.4, -0.2) is 40.6 Å². The summed E-state index contributed by atoms with van der Waals surface area (Å²) < 4.78 is 0. The lowest BCUT2D eigenvalue weighted by Gasteiger charge is -2.46. The number of aliphatic hydroxyl groups is 1. The number of nitrogens with two attached hydrogens (primary N) is 1. The normalized spacial score (nSPS) is 23.2. The number of carbonyl (C=O) groups is 1. The van der Waals surface area contributed by atoms with Gasteiger partial charge in [0.05, 0.1) is 24.7 Å². The third-order valence-electron chi connectivity index (χ3n) is 2.33. The maximum absolute atomic E-state index is 11.2. The van der Waals surface area contributed by atoms with Crippen LogP contribution in [0.3, 0.4) is 0 Å². The molecule has 1 saturated heterocycles. The first kappa shape index (κ1) is 9.48. The highest BCUT2D eigenvalue weighted by Gasteiger charge is 2.42. The fourth-order valence-electron chi connectivity index (χ4n) is 1.33. The Hall–Kier alpha value is -0.610. The SMILES string of the molecule is CCC1(O)CN(C(=O)[C@@H](C)N)C1. The van der Waals surface area contributed by atoms with E-state index in [1.54, 1.807) is 11.8 Å². The third kappa shape index (κ3) is 1.59. The summed E-state index contributed by atoms with van der Waals surface area (Å²) in [6.45, 7) is 4.44. The molecule has 12 heavy (non-hydrogen) atoms. The molecule has 0 aromatic heterocycles. The Morgan fingerprint density at radius 1 is 1.75 bits per heavy atom. The fourth-order valence-corrected chi connectivity index (χ4v) is 1.33. The van der Waals surface area contributed by atoms with Gasteiger partial charge in [-0.2, -0.15) is 0 Å². The van der Waals surface area contributed by atoms with Crippen LogP contribution in [0.2, 0.25) is 0 Å². The molecule has 3 N–H and O–H groups in total. The highest BCUT2D eigenvalue weighted by Crippen LogP contribution is 2.24. The van der Waals surface area contributed by atoms with Crippen molar-refractivity contribution in [2.45, 2.75) is 31.9 Å². The van der Waals surface area contributed by atoms with E-state index in [4.69, 9.17) is 5.73 Å². The molecule has 1 aliphatic rings. The predicted octanol–water partition coefficient (Wildman–Crippen LogP) is -0.683. The Balaban J connectivity index is 2.39. The molecular formula is C8H16N2O2. The maximum atomic E-state index is 11.2. The summed E-state index contributed by atoms with van der Waals surface area (Å²) in [4.78, 5) is 12.8. The molecule has 1 rings (SSSR count). The van der Waals surface area contributed by atoms with Crippen molar-refractivity contribution < 1.29 is 9.90 Å². The standard InChI is InChI=1S/C8H16N2O2/c1-3-8(12)4-10(5-8)7(11)6(2)9/h6,12H,3-5,9H2,1-2H3/t6-/m1/s1. The van der Waals surface area contributed by atoms with E-state index in [-0.39, 0.29) is 5.91 Å². The van der Waals surface area contributed by atoms with Crippen molar-refractivity contribution in [1.29, 1.82) is 0 Å². The first-order chi connectivity index (χ1) is 5.48. The van der Waals surface area contributed by atoms with Crippen LogP contribution in [0.5, 0.6) is 0 Å². The maximum Gasteiger partial charge on any atom is 0.239 e. The number of hydrogen-bond acceptors (Lipinski definition) is 3. The zero-order chi connectivity index (χ0) is 9.35. The van der Waals surface area contributed by atoms with E-state index in [9.17, 15) is 9.90 Å². The van der Waals surface area contributed by atoms with E-state index in [0.29, 0.717) is 19.5 Å². The Labute approximate surface area is 72.3 Å². The van der Waals surface area contributed by atoms with Crippen LogP contribution in [0.25, 0.3) is 0 Å². The number of β-amino-alcohol motifs (C(OH)–C–C–N with tert-alkyl or cyclic N) is 1. The van der Waals surface area contributed by atoms with Crippen molar-refractivity contribution in [2.24, 2.45) is 5.73 Å². The summed E-state index contributed by atoms with van der Waals surface area (Å²) in [5, 5.41) is 9.59. The molecule has 0 aromatic rings. The highest BCUT2D eigenvalue weighted by atomic mass is 16.3. The summed E-state index contributed by atoms with van der Waals surface area (Å²) in [7, 11) is 0. The molecule has 1 amide bonds. The lowest BCUT2D eigenvalue weighted by Crippen LogP contribution is -2.65. The van der Waals surface area contributed by atoms with Gasteiger partial charge in [-0.1, -0.05) is 6.92 Å². The van der Waals surface area contributed by atoms with Crippen LogP contribution in [-0.2, 0) is 4.79 Å². The largest absolute Gasteiger partial charge is 0.386 e. The zero-order valence-corrected chi connectivity index (χ0v) is 7.58. The Bertz CT molecular complexity index is 185. The molecule has 0 unspecified atom stereocenters. The summed E-state index contributed by atoms with van der Waals surface area (Å²) in [6, 6.07) is -0.452. The molecule has 0 radical (unpaired) electrons. The van der Waals surface area contributed by atoms with Gasteiger partial charge in [-0.25, -0.2) is 0 Å². The smallest absolute Gasteiger partial charge is 0.239 e. The Morgan fingerprint density at radius 2 is 2.25 bits per heavy atom. The van der Waals surface area contributed by atoms with E-state index in [0.717, 1.165) is 0 Å². The average Bonchev–Trinajstić information content (AvgIpc) is 1.97. The first-order valence-electron chi connectivity index (χ1n) is 4.25. The Morgan fingerprint density at radius 3 is 2.58 bits per heavy atom. The minimum atomic E-state index is -0.648. The van der Waals surface area contributed by atoms with Gasteiger partial charge in [0.25, 0.3) is 0 Å². The van der Waals surface area contributed by atoms with Crippen molar-refractivity contribution in [3.8, 4) is 0 Å². The van der Waals surface area contributed by atoms with Crippen molar-refractivity contribution in [3.63, 3.8) is 0 Å². The molecule has 0 aliphatic carbocycles. The van der Waals surface area contributed by atoms with Gasteiger partial charge < -0.3 is 15.7 Å². The monoisotopic (exact) mass is 172 g/mol. The number of likely N-dealkylation sites (tertiary alicyclic amines) is 1. The number of carbonyl (C=O) groups excluding carboxylic acids is 1. The van der Waals surface area contributed by atoms with Crippen LogP contribution < -0.4 is 5.73 Å². The molecule has 0 aromatic carbocycles. The van der Waals surface area contributed by atoms with Crippen LogP contribution in [0, 0.1) is 0 Å². The van der Waals surface area contributed by atoms with Gasteiger partial charge in [0, 0.05) is 0 Å². The molecule has 1 fully saturated rings. The summed E-state index contributed by atoms with van der Waals surface area (Å²) in [5.74, 6) is -0.0758. The van der Waals surface area contributed by atoms with Gasteiger partial charge in [-0.3, -0.25) is 4.79 Å². The van der Waals surface area contributed by atoms with Gasteiger partial charge in [0.15, 0.2) is 0 Å². The minimum absolute atomic E-state index is 0.0758. The summed E-state index contributed by atoms with van der Waals surface area (Å²) >= 11 is 0. The second-order valence-electron chi connectivity index (χ2n) is 3.56. The van der Waals surface area contributed by atoms with Crippen LogP contribution in [0.1, 0.15) is 20.3 Å². The van der Waals surface area contributed by atoms with Crippen molar-refractivity contribution in [2.75, 3.05) is 13.1 Å². The molecule has 70 valence electrons. The second kappa shape index (κ2) is 3.03. The number of rotatable bonds is 2. The third-order valence-corrected chi connectivity index (χ3v) is 2.33. The van der Waals surface area contributed by atoms with Crippen LogP contribution in [0.15, 0.2) is 0 Å². The molecule has 0 bridgehead atoms. The van der Waals surface area contributed by atoms with Crippen LogP contribution in [0.4, 0.5) is 0 Å². The van der Waals surface area contributed by atoms with Crippen molar-refractivity contribution in [1.82, 2.24) is 4.90 Å². The van der Waals surface area contributed by atoms with Gasteiger partial charge in [0.1, 0.15) is 0 Å². The molecule has 0 spiro atoms. The molecule has 4 nitrogen and oxygen atoms in total. The quantitative estimate of drug-likeness (QED) is 0.580. The number of nitrogens with zero attached hydrogens (tertiary/aromatic N) is 1. The number of amides is 1. The lowest BCUT2D eigenvalue weighted by atomic mass is 9.91. The van der Waals surface area contributed by atoms with E-state index in [1.807, 2.05) is 6.92 Å². The van der Waals surface area contributed by atoms with E-state index < -0.39 is 11.6 Å². The molecular weight excluding hydrogens is 156 g/mol. The molecule has 1 heterocycles. The second-order valence-corrected chi connectivity index (χ2v) is 3.56.